The smallest absolute Gasteiger partial charge is 0.315 e. The monoisotopic (exact) mass is 371 g/mol. The molecule has 146 valence electrons. The van der Waals surface area contributed by atoms with Gasteiger partial charge in [-0.2, -0.15) is 5.10 Å². The van der Waals surface area contributed by atoms with Gasteiger partial charge in [0, 0.05) is 26.2 Å². The van der Waals surface area contributed by atoms with Crippen molar-refractivity contribution in [3.63, 3.8) is 0 Å². The Morgan fingerprint density at radius 1 is 1.19 bits per heavy atom. The minimum Gasteiger partial charge on any atom is -0.497 e. The lowest BCUT2D eigenvalue weighted by atomic mass is 10.2. The molecule has 2 N–H and O–H groups in total. The van der Waals surface area contributed by atoms with Gasteiger partial charge in [0.05, 0.1) is 31.6 Å². The number of fused-ring (bicyclic) bond motifs is 1. The average Bonchev–Trinajstić information content (AvgIpc) is 3.07. The molecule has 1 aromatic carbocycles. The number of carbonyl (C=O) groups excluding carboxylic acids is 1. The summed E-state index contributed by atoms with van der Waals surface area (Å²) in [6, 6.07) is 9.53. The van der Waals surface area contributed by atoms with Crippen LogP contribution in [0.1, 0.15) is 30.8 Å². The van der Waals surface area contributed by atoms with E-state index in [4.69, 9.17) is 4.74 Å². The maximum absolute atomic E-state index is 12.0. The van der Waals surface area contributed by atoms with E-state index in [1.54, 1.807) is 7.11 Å². The van der Waals surface area contributed by atoms with E-state index in [1.807, 2.05) is 24.3 Å². The lowest BCUT2D eigenvalue weighted by Gasteiger charge is -2.28. The molecule has 2 amide bonds. The van der Waals surface area contributed by atoms with Crippen LogP contribution in [-0.2, 0) is 26.2 Å². The number of nitrogens with zero attached hydrogens (tertiary/aromatic N) is 3. The second-order valence-electron chi connectivity index (χ2n) is 7.36. The Morgan fingerprint density at radius 3 is 2.63 bits per heavy atom. The first-order chi connectivity index (χ1) is 13.0. The van der Waals surface area contributed by atoms with Gasteiger partial charge in [0.2, 0.25) is 0 Å². The maximum atomic E-state index is 12.0. The van der Waals surface area contributed by atoms with Gasteiger partial charge in [-0.25, -0.2) is 4.79 Å². The molecule has 1 aromatic heterocycles. The van der Waals surface area contributed by atoms with Crippen molar-refractivity contribution in [3.05, 3.63) is 47.3 Å². The lowest BCUT2D eigenvalue weighted by molar-refractivity contribution is 0.192. The van der Waals surface area contributed by atoms with Gasteiger partial charge in [-0.1, -0.05) is 26.0 Å². The van der Waals surface area contributed by atoms with E-state index < -0.39 is 0 Å². The first-order valence-electron chi connectivity index (χ1n) is 9.46. The highest BCUT2D eigenvalue weighted by atomic mass is 16.5. The number of carbonyl (C=O) groups is 1. The molecule has 27 heavy (non-hydrogen) atoms. The minimum absolute atomic E-state index is 0.196. The Balaban J connectivity index is 1.44. The highest BCUT2D eigenvalue weighted by Crippen LogP contribution is 2.15. The number of nitrogens with one attached hydrogen (secondary N) is 2. The van der Waals surface area contributed by atoms with Crippen molar-refractivity contribution in [1.82, 2.24) is 25.3 Å². The molecule has 0 saturated heterocycles. The zero-order valence-corrected chi connectivity index (χ0v) is 16.4. The van der Waals surface area contributed by atoms with Gasteiger partial charge in [-0.3, -0.25) is 9.58 Å². The number of hydrogen-bond donors (Lipinski definition) is 2. The molecule has 0 atom stereocenters. The summed E-state index contributed by atoms with van der Waals surface area (Å²) in [5.41, 5.74) is 3.14. The summed E-state index contributed by atoms with van der Waals surface area (Å²) in [7, 11) is 1.64. The third-order valence-corrected chi connectivity index (χ3v) is 4.59. The number of rotatable bonds is 7. The Labute approximate surface area is 160 Å². The Hall–Kier alpha value is -2.54. The van der Waals surface area contributed by atoms with Crippen LogP contribution >= 0.6 is 0 Å². The molecule has 3 rings (SSSR count). The van der Waals surface area contributed by atoms with E-state index in [9.17, 15) is 4.79 Å². The number of benzene rings is 1. The number of methoxy groups -OCH3 is 1. The molecule has 1 aliphatic heterocycles. The molecule has 0 radical (unpaired) electrons. The highest BCUT2D eigenvalue weighted by Gasteiger charge is 2.19. The fraction of sp³-hybridized carbons (Fsp3) is 0.500. The van der Waals surface area contributed by atoms with Crippen LogP contribution in [-0.4, -0.2) is 40.9 Å². The summed E-state index contributed by atoms with van der Waals surface area (Å²) in [6.45, 7) is 9.35. The summed E-state index contributed by atoms with van der Waals surface area (Å²) < 4.78 is 7.19. The summed E-state index contributed by atoms with van der Waals surface area (Å²) in [6.07, 6.45) is 0. The van der Waals surface area contributed by atoms with Crippen LogP contribution in [0.25, 0.3) is 0 Å². The topological polar surface area (TPSA) is 71.4 Å². The molecule has 0 unspecified atom stereocenters. The third kappa shape index (κ3) is 5.47. The molecule has 0 bridgehead atoms. The van der Waals surface area contributed by atoms with Crippen molar-refractivity contribution in [3.8, 4) is 5.75 Å². The average molecular weight is 371 g/mol. The first-order valence-corrected chi connectivity index (χ1v) is 9.46. The SMILES string of the molecule is COc1ccc(CNC(=O)NCc2cc3n(n2)CCN(CC(C)C)C3)cc1. The molecule has 2 heterocycles. The molecule has 0 aliphatic carbocycles. The number of aromatic nitrogens is 2. The second-order valence-corrected chi connectivity index (χ2v) is 7.36. The van der Waals surface area contributed by atoms with E-state index in [2.05, 4.69) is 45.2 Å². The zero-order chi connectivity index (χ0) is 19.2. The van der Waals surface area contributed by atoms with Crippen molar-refractivity contribution in [1.29, 1.82) is 0 Å². The molecular weight excluding hydrogens is 342 g/mol. The molecule has 0 fully saturated rings. The largest absolute Gasteiger partial charge is 0.497 e. The standard InChI is InChI=1S/C20H29N5O2/c1-15(2)13-24-8-9-25-18(14-24)10-17(23-25)12-22-20(26)21-11-16-4-6-19(27-3)7-5-16/h4-7,10,15H,8-9,11-14H2,1-3H3,(H2,21,22,26). The van der Waals surface area contributed by atoms with Gasteiger partial charge in [-0.05, 0) is 29.7 Å². The lowest BCUT2D eigenvalue weighted by Crippen LogP contribution is -2.36. The van der Waals surface area contributed by atoms with Gasteiger partial charge in [0.25, 0.3) is 0 Å². The van der Waals surface area contributed by atoms with Crippen LogP contribution in [0.2, 0.25) is 0 Å². The Kier molecular flexibility index (Phi) is 6.34. The minimum atomic E-state index is -0.196. The molecule has 0 spiro atoms. The Bertz CT molecular complexity index is 754. The molecule has 2 aromatic rings. The van der Waals surface area contributed by atoms with Crippen LogP contribution in [0.15, 0.2) is 30.3 Å². The fourth-order valence-corrected chi connectivity index (χ4v) is 3.30. The quantitative estimate of drug-likeness (QED) is 0.784. The van der Waals surface area contributed by atoms with Crippen LogP contribution < -0.4 is 15.4 Å². The number of hydrogen-bond acceptors (Lipinski definition) is 4. The predicted octanol–water partition coefficient (Wildman–Crippen LogP) is 2.36. The molecular formula is C20H29N5O2. The van der Waals surface area contributed by atoms with Crippen molar-refractivity contribution < 1.29 is 9.53 Å². The Morgan fingerprint density at radius 2 is 1.93 bits per heavy atom. The van der Waals surface area contributed by atoms with Gasteiger partial charge in [-0.15, -0.1) is 0 Å². The molecule has 0 saturated carbocycles. The van der Waals surface area contributed by atoms with E-state index in [0.717, 1.165) is 43.2 Å². The van der Waals surface area contributed by atoms with Crippen molar-refractivity contribution in [2.45, 2.75) is 40.0 Å². The third-order valence-electron chi connectivity index (χ3n) is 4.59. The normalized spacial score (nSPS) is 14.1. The van der Waals surface area contributed by atoms with E-state index in [0.29, 0.717) is 19.0 Å². The van der Waals surface area contributed by atoms with Crippen molar-refractivity contribution >= 4 is 6.03 Å². The highest BCUT2D eigenvalue weighted by molar-refractivity contribution is 5.73. The molecule has 1 aliphatic rings. The van der Waals surface area contributed by atoms with Crippen molar-refractivity contribution in [2.24, 2.45) is 5.92 Å². The molecule has 7 nitrogen and oxygen atoms in total. The van der Waals surface area contributed by atoms with Gasteiger partial charge in [0.15, 0.2) is 0 Å². The van der Waals surface area contributed by atoms with Crippen LogP contribution in [0.4, 0.5) is 4.79 Å². The summed E-state index contributed by atoms with van der Waals surface area (Å²) in [4.78, 5) is 14.5. The number of urea groups is 1. The summed E-state index contributed by atoms with van der Waals surface area (Å²) in [5.74, 6) is 1.47. The van der Waals surface area contributed by atoms with Crippen LogP contribution in [0, 0.1) is 5.92 Å². The van der Waals surface area contributed by atoms with Crippen LogP contribution in [0.5, 0.6) is 5.75 Å². The first kappa shape index (κ1) is 19.2. The van der Waals surface area contributed by atoms with E-state index in [1.165, 1.54) is 5.69 Å². The van der Waals surface area contributed by atoms with Crippen LogP contribution in [0.3, 0.4) is 0 Å². The summed E-state index contributed by atoms with van der Waals surface area (Å²) in [5, 5.41) is 10.4. The molecule has 7 heteroatoms. The van der Waals surface area contributed by atoms with E-state index in [-0.39, 0.29) is 6.03 Å². The van der Waals surface area contributed by atoms with Gasteiger partial charge in [0.1, 0.15) is 5.75 Å². The predicted molar refractivity (Wildman–Crippen MR) is 104 cm³/mol. The number of ether oxygens (including phenoxy) is 1. The second kappa shape index (κ2) is 8.90. The fourth-order valence-electron chi connectivity index (χ4n) is 3.30. The maximum Gasteiger partial charge on any atom is 0.315 e. The van der Waals surface area contributed by atoms with Gasteiger partial charge < -0.3 is 15.4 Å². The summed E-state index contributed by atoms with van der Waals surface area (Å²) >= 11 is 0. The van der Waals surface area contributed by atoms with Crippen molar-refractivity contribution in [2.75, 3.05) is 20.2 Å². The van der Waals surface area contributed by atoms with Gasteiger partial charge >= 0.3 is 6.03 Å². The number of amides is 2. The van der Waals surface area contributed by atoms with E-state index >= 15 is 0 Å². The zero-order valence-electron chi connectivity index (χ0n) is 16.4.